The first kappa shape index (κ1) is 22.9. The minimum Gasteiger partial charge on any atom is -0.122 e. The third-order valence-corrected chi connectivity index (χ3v) is 8.00. The number of unbranched alkanes of at least 4 members (excludes halogenated alkanes) is 2. The van der Waals surface area contributed by atoms with Crippen LogP contribution in [-0.4, -0.2) is 5.25 Å². The van der Waals surface area contributed by atoms with Crippen LogP contribution in [0.25, 0.3) is 16.7 Å². The molecule has 1 fully saturated rings. The maximum absolute atomic E-state index is 4.25. The highest BCUT2D eigenvalue weighted by Gasteiger charge is 2.21. The van der Waals surface area contributed by atoms with Crippen LogP contribution >= 0.6 is 11.8 Å². The summed E-state index contributed by atoms with van der Waals surface area (Å²) in [6.07, 6.45) is 9.98. The first-order valence-corrected chi connectivity index (χ1v) is 12.5. The lowest BCUT2D eigenvalue weighted by molar-refractivity contribution is 0.615. The molecule has 0 atom stereocenters. The van der Waals surface area contributed by atoms with Gasteiger partial charge in [0, 0.05) is 10.1 Å². The molecule has 0 spiro atoms. The van der Waals surface area contributed by atoms with Crippen molar-refractivity contribution in [1.29, 1.82) is 0 Å². The van der Waals surface area contributed by atoms with Gasteiger partial charge in [0.2, 0.25) is 0 Å². The second-order valence-electron chi connectivity index (χ2n) is 9.08. The van der Waals surface area contributed by atoms with Crippen molar-refractivity contribution < 1.29 is 0 Å². The Bertz CT molecular complexity index is 908. The summed E-state index contributed by atoms with van der Waals surface area (Å²) in [7, 11) is 0. The Balaban J connectivity index is 2.03. The van der Waals surface area contributed by atoms with E-state index in [0.717, 1.165) is 5.57 Å². The molecule has 0 amide bonds. The van der Waals surface area contributed by atoms with E-state index < -0.39 is 0 Å². The standard InChI is InChI=1S/C29H38S/c1-7-8-9-10-24-14-18-27(28-19-22(5)13-17-26(28)20(2)3)23(6)29(24)30-25-15-11-21(4)12-16-25/h13-14,17-19,25H,2,4,7-12,15-16H2,1,3,5-6H3. The number of rotatable bonds is 8. The zero-order valence-electron chi connectivity index (χ0n) is 19.4. The lowest BCUT2D eigenvalue weighted by Crippen LogP contribution is -2.10. The molecule has 30 heavy (non-hydrogen) atoms. The molecule has 0 bridgehead atoms. The summed E-state index contributed by atoms with van der Waals surface area (Å²) in [6.45, 7) is 17.4. The average molecular weight is 419 g/mol. The topological polar surface area (TPSA) is 0 Å². The van der Waals surface area contributed by atoms with E-state index in [0.29, 0.717) is 5.25 Å². The summed E-state index contributed by atoms with van der Waals surface area (Å²) >= 11 is 2.14. The van der Waals surface area contributed by atoms with Crippen LogP contribution in [0.15, 0.2) is 54.0 Å². The summed E-state index contributed by atoms with van der Waals surface area (Å²) in [5.41, 5.74) is 10.9. The van der Waals surface area contributed by atoms with E-state index in [1.807, 2.05) is 0 Å². The molecule has 1 aliphatic rings. The third kappa shape index (κ3) is 5.49. The summed E-state index contributed by atoms with van der Waals surface area (Å²) in [5.74, 6) is 0. The zero-order chi connectivity index (χ0) is 21.7. The predicted molar refractivity (Wildman–Crippen MR) is 137 cm³/mol. The summed E-state index contributed by atoms with van der Waals surface area (Å²) in [5, 5.41) is 0.715. The lowest BCUT2D eigenvalue weighted by Gasteiger charge is -2.26. The minimum absolute atomic E-state index is 0.715. The van der Waals surface area contributed by atoms with E-state index in [4.69, 9.17) is 0 Å². The van der Waals surface area contributed by atoms with Gasteiger partial charge >= 0.3 is 0 Å². The van der Waals surface area contributed by atoms with Gasteiger partial charge in [-0.1, -0.05) is 80.0 Å². The van der Waals surface area contributed by atoms with E-state index >= 15 is 0 Å². The van der Waals surface area contributed by atoms with Crippen molar-refractivity contribution in [1.82, 2.24) is 0 Å². The monoisotopic (exact) mass is 418 g/mol. The predicted octanol–water partition coefficient (Wildman–Crippen LogP) is 9.33. The van der Waals surface area contributed by atoms with Crippen molar-refractivity contribution in [2.75, 3.05) is 0 Å². The van der Waals surface area contributed by atoms with Gasteiger partial charge in [0.25, 0.3) is 0 Å². The maximum Gasteiger partial charge on any atom is 0.0142 e. The smallest absolute Gasteiger partial charge is 0.0142 e. The van der Waals surface area contributed by atoms with Crippen LogP contribution < -0.4 is 0 Å². The van der Waals surface area contributed by atoms with Gasteiger partial charge in [-0.05, 0) is 87.1 Å². The Labute approximate surface area is 188 Å². The number of allylic oxidation sites excluding steroid dienone is 2. The molecule has 3 rings (SSSR count). The van der Waals surface area contributed by atoms with E-state index in [2.05, 4.69) is 82.9 Å². The minimum atomic E-state index is 0.715. The molecular formula is C29H38S. The van der Waals surface area contributed by atoms with Crippen molar-refractivity contribution in [3.05, 3.63) is 71.3 Å². The van der Waals surface area contributed by atoms with Gasteiger partial charge < -0.3 is 0 Å². The Kier molecular flexibility index (Phi) is 8.06. The van der Waals surface area contributed by atoms with Gasteiger partial charge in [-0.2, -0.15) is 0 Å². The molecule has 0 heterocycles. The van der Waals surface area contributed by atoms with Crippen molar-refractivity contribution in [2.45, 2.75) is 89.2 Å². The van der Waals surface area contributed by atoms with Crippen molar-refractivity contribution in [3.8, 4) is 11.1 Å². The fourth-order valence-corrected chi connectivity index (χ4v) is 5.92. The summed E-state index contributed by atoms with van der Waals surface area (Å²) in [4.78, 5) is 1.54. The van der Waals surface area contributed by atoms with Crippen LogP contribution in [0.4, 0.5) is 0 Å². The van der Waals surface area contributed by atoms with E-state index in [1.54, 1.807) is 5.56 Å². The normalized spacial score (nSPS) is 14.9. The number of benzene rings is 2. The molecule has 0 aliphatic heterocycles. The van der Waals surface area contributed by atoms with Crippen molar-refractivity contribution >= 4 is 17.3 Å². The lowest BCUT2D eigenvalue weighted by atomic mass is 9.90. The Hall–Kier alpha value is -1.73. The van der Waals surface area contributed by atoms with E-state index in [9.17, 15) is 0 Å². The Morgan fingerprint density at radius 1 is 1.03 bits per heavy atom. The van der Waals surface area contributed by atoms with Gasteiger partial charge in [0.05, 0.1) is 0 Å². The van der Waals surface area contributed by atoms with Crippen molar-refractivity contribution in [3.63, 3.8) is 0 Å². The van der Waals surface area contributed by atoms with Gasteiger partial charge in [0.15, 0.2) is 0 Å². The van der Waals surface area contributed by atoms with Crippen LogP contribution in [0.3, 0.4) is 0 Å². The number of hydrogen-bond donors (Lipinski definition) is 0. The maximum atomic E-state index is 4.25. The van der Waals surface area contributed by atoms with Gasteiger partial charge in [-0.15, -0.1) is 11.8 Å². The number of thioether (sulfide) groups is 1. The van der Waals surface area contributed by atoms with Crippen LogP contribution in [-0.2, 0) is 6.42 Å². The van der Waals surface area contributed by atoms with Gasteiger partial charge in [0.1, 0.15) is 0 Å². The van der Waals surface area contributed by atoms with Gasteiger partial charge in [-0.3, -0.25) is 0 Å². The first-order valence-electron chi connectivity index (χ1n) is 11.6. The van der Waals surface area contributed by atoms with Crippen LogP contribution in [0.1, 0.15) is 81.0 Å². The molecular weight excluding hydrogens is 380 g/mol. The average Bonchev–Trinajstić information content (AvgIpc) is 2.72. The molecule has 2 aromatic carbocycles. The molecule has 0 unspecified atom stereocenters. The molecule has 0 N–H and O–H groups in total. The highest BCUT2D eigenvalue weighted by atomic mass is 32.2. The fraction of sp³-hybridized carbons (Fsp3) is 0.448. The fourth-order valence-electron chi connectivity index (χ4n) is 4.50. The summed E-state index contributed by atoms with van der Waals surface area (Å²) in [6, 6.07) is 11.5. The Morgan fingerprint density at radius 2 is 1.77 bits per heavy atom. The SMILES string of the molecule is C=C1CCC(Sc2c(CCCCC)ccc(-c3cc(C)ccc3C(=C)C)c2C)CC1. The van der Waals surface area contributed by atoms with Crippen LogP contribution in [0, 0.1) is 13.8 Å². The van der Waals surface area contributed by atoms with Crippen molar-refractivity contribution in [2.24, 2.45) is 0 Å². The van der Waals surface area contributed by atoms with Crippen LogP contribution in [0.5, 0.6) is 0 Å². The molecule has 160 valence electrons. The highest BCUT2D eigenvalue weighted by Crippen LogP contribution is 2.42. The van der Waals surface area contributed by atoms with E-state index in [1.165, 1.54) is 89.7 Å². The third-order valence-electron chi connectivity index (χ3n) is 6.39. The number of aryl methyl sites for hydroxylation is 2. The quantitative estimate of drug-likeness (QED) is 0.304. The molecule has 1 heteroatoms. The summed E-state index contributed by atoms with van der Waals surface area (Å²) < 4.78 is 0. The Morgan fingerprint density at radius 3 is 2.43 bits per heavy atom. The zero-order valence-corrected chi connectivity index (χ0v) is 20.3. The second-order valence-corrected chi connectivity index (χ2v) is 10.4. The largest absolute Gasteiger partial charge is 0.122 e. The molecule has 2 aromatic rings. The second kappa shape index (κ2) is 10.5. The van der Waals surface area contributed by atoms with E-state index in [-0.39, 0.29) is 0 Å². The molecule has 0 saturated heterocycles. The first-order chi connectivity index (χ1) is 14.4. The molecule has 1 aliphatic carbocycles. The van der Waals surface area contributed by atoms with Gasteiger partial charge in [-0.25, -0.2) is 0 Å². The molecule has 0 radical (unpaired) electrons. The van der Waals surface area contributed by atoms with Crippen LogP contribution in [0.2, 0.25) is 0 Å². The molecule has 0 aromatic heterocycles. The highest BCUT2D eigenvalue weighted by molar-refractivity contribution is 8.00. The molecule has 1 saturated carbocycles. The number of hydrogen-bond acceptors (Lipinski definition) is 1. The molecule has 0 nitrogen and oxygen atoms in total.